The number of aromatic amines is 1. The number of H-pyrrole nitrogens is 1. The van der Waals surface area contributed by atoms with Crippen molar-refractivity contribution in [2.45, 2.75) is 26.2 Å². The highest BCUT2D eigenvalue weighted by molar-refractivity contribution is 5.78. The van der Waals surface area contributed by atoms with Crippen LogP contribution in [0.3, 0.4) is 0 Å². The first-order valence-corrected chi connectivity index (χ1v) is 5.07. The number of carbonyl (C=O) groups excluding carboxylic acids is 1. The van der Waals surface area contributed by atoms with E-state index >= 15 is 0 Å². The van der Waals surface area contributed by atoms with Crippen LogP contribution in [0.1, 0.15) is 24.1 Å². The molecule has 3 N–H and O–H groups in total. The highest BCUT2D eigenvalue weighted by Crippen LogP contribution is 2.02. The van der Waals surface area contributed by atoms with Gasteiger partial charge in [-0.1, -0.05) is 0 Å². The summed E-state index contributed by atoms with van der Waals surface area (Å²) in [5.74, 6) is -0.963. The maximum absolute atomic E-state index is 11.4. The lowest BCUT2D eigenvalue weighted by molar-refractivity contribution is -0.137. The quantitative estimate of drug-likeness (QED) is 0.604. The van der Waals surface area contributed by atoms with Crippen LogP contribution in [0.2, 0.25) is 0 Å². The Kier molecular flexibility index (Phi) is 4.50. The number of carboxylic acids is 1. The van der Waals surface area contributed by atoms with Gasteiger partial charge in [0.1, 0.15) is 0 Å². The van der Waals surface area contributed by atoms with Gasteiger partial charge in [0.25, 0.3) is 0 Å². The van der Waals surface area contributed by atoms with Gasteiger partial charge in [0.05, 0.1) is 12.6 Å². The van der Waals surface area contributed by atoms with E-state index in [1.165, 1.54) is 0 Å². The molecule has 0 aromatic carbocycles. The third kappa shape index (κ3) is 4.12. The van der Waals surface area contributed by atoms with Crippen LogP contribution in [-0.2, 0) is 16.0 Å². The first-order valence-electron chi connectivity index (χ1n) is 5.07. The molecule has 0 aliphatic carbocycles. The third-order valence-corrected chi connectivity index (χ3v) is 2.17. The fraction of sp³-hybridized carbons (Fsp3) is 0.500. The highest BCUT2D eigenvalue weighted by Gasteiger charge is 2.06. The molecule has 0 aliphatic heterocycles. The molecule has 0 saturated heterocycles. The number of aromatic nitrogens is 2. The smallest absolute Gasteiger partial charge is 0.303 e. The SMILES string of the molecule is Cc1[nH]ncc1CC(=O)NCCCC(=O)O. The maximum Gasteiger partial charge on any atom is 0.303 e. The predicted octanol–water partition coefficient (Wildman–Crippen LogP) is 0.242. The number of carbonyl (C=O) groups is 2. The minimum Gasteiger partial charge on any atom is -0.481 e. The number of nitrogens with zero attached hydrogens (tertiary/aromatic N) is 1. The summed E-state index contributed by atoms with van der Waals surface area (Å²) in [5.41, 5.74) is 1.73. The average molecular weight is 225 g/mol. The summed E-state index contributed by atoms with van der Waals surface area (Å²) >= 11 is 0. The summed E-state index contributed by atoms with van der Waals surface area (Å²) < 4.78 is 0. The van der Waals surface area contributed by atoms with Crippen LogP contribution >= 0.6 is 0 Å². The normalized spacial score (nSPS) is 10.1. The molecule has 6 heteroatoms. The highest BCUT2D eigenvalue weighted by atomic mass is 16.4. The van der Waals surface area contributed by atoms with Crippen molar-refractivity contribution in [1.82, 2.24) is 15.5 Å². The van der Waals surface area contributed by atoms with Crippen LogP contribution in [-0.4, -0.2) is 33.7 Å². The molecule has 16 heavy (non-hydrogen) atoms. The van der Waals surface area contributed by atoms with Crippen molar-refractivity contribution >= 4 is 11.9 Å². The first-order chi connectivity index (χ1) is 7.59. The fourth-order valence-corrected chi connectivity index (χ4v) is 1.26. The summed E-state index contributed by atoms with van der Waals surface area (Å²) in [6.07, 6.45) is 2.41. The summed E-state index contributed by atoms with van der Waals surface area (Å²) in [4.78, 5) is 21.6. The number of carboxylic acid groups (broad SMARTS) is 1. The second-order valence-electron chi connectivity index (χ2n) is 3.54. The monoisotopic (exact) mass is 225 g/mol. The first kappa shape index (κ1) is 12.2. The molecule has 1 rings (SSSR count). The second-order valence-corrected chi connectivity index (χ2v) is 3.54. The van der Waals surface area contributed by atoms with E-state index in [0.29, 0.717) is 13.0 Å². The van der Waals surface area contributed by atoms with Gasteiger partial charge < -0.3 is 10.4 Å². The minimum absolute atomic E-state index is 0.0744. The molecule has 1 amide bonds. The number of aliphatic carboxylic acids is 1. The third-order valence-electron chi connectivity index (χ3n) is 2.17. The molecule has 0 fully saturated rings. The van der Waals surface area contributed by atoms with E-state index in [0.717, 1.165) is 11.3 Å². The number of amides is 1. The van der Waals surface area contributed by atoms with Crippen molar-refractivity contribution < 1.29 is 14.7 Å². The van der Waals surface area contributed by atoms with Gasteiger partial charge in [-0.3, -0.25) is 14.7 Å². The summed E-state index contributed by atoms with van der Waals surface area (Å²) in [5, 5.41) is 17.6. The minimum atomic E-state index is -0.847. The lowest BCUT2D eigenvalue weighted by Crippen LogP contribution is -2.26. The molecule has 88 valence electrons. The Balaban J connectivity index is 2.21. The summed E-state index contributed by atoms with van der Waals surface area (Å²) in [6.45, 7) is 2.24. The maximum atomic E-state index is 11.4. The fourth-order valence-electron chi connectivity index (χ4n) is 1.26. The molecular formula is C10H15N3O3. The van der Waals surface area contributed by atoms with Crippen LogP contribution in [0.4, 0.5) is 0 Å². The molecular weight excluding hydrogens is 210 g/mol. The zero-order chi connectivity index (χ0) is 12.0. The molecule has 0 atom stereocenters. The van der Waals surface area contributed by atoms with E-state index < -0.39 is 5.97 Å². The van der Waals surface area contributed by atoms with E-state index in [9.17, 15) is 9.59 Å². The Labute approximate surface area is 93.1 Å². The van der Waals surface area contributed by atoms with Crippen molar-refractivity contribution in [3.63, 3.8) is 0 Å². The number of hydrogen-bond donors (Lipinski definition) is 3. The predicted molar refractivity (Wildman–Crippen MR) is 56.9 cm³/mol. The molecule has 1 aromatic rings. The zero-order valence-corrected chi connectivity index (χ0v) is 9.12. The lowest BCUT2D eigenvalue weighted by Gasteiger charge is -2.03. The molecule has 0 bridgehead atoms. The van der Waals surface area contributed by atoms with E-state index in [-0.39, 0.29) is 18.7 Å². The van der Waals surface area contributed by atoms with Crippen LogP contribution in [0.15, 0.2) is 6.20 Å². The largest absolute Gasteiger partial charge is 0.481 e. The van der Waals surface area contributed by atoms with Crippen LogP contribution in [0.25, 0.3) is 0 Å². The number of hydrogen-bond acceptors (Lipinski definition) is 3. The van der Waals surface area contributed by atoms with E-state index in [1.54, 1.807) is 6.20 Å². The van der Waals surface area contributed by atoms with Gasteiger partial charge in [0.2, 0.25) is 5.91 Å². The van der Waals surface area contributed by atoms with Crippen molar-refractivity contribution in [3.8, 4) is 0 Å². The van der Waals surface area contributed by atoms with Gasteiger partial charge in [0.15, 0.2) is 0 Å². The Bertz CT molecular complexity index is 373. The molecule has 0 spiro atoms. The molecule has 0 radical (unpaired) electrons. The number of rotatable bonds is 6. The van der Waals surface area contributed by atoms with E-state index in [2.05, 4.69) is 15.5 Å². The van der Waals surface area contributed by atoms with Gasteiger partial charge >= 0.3 is 5.97 Å². The van der Waals surface area contributed by atoms with Crippen LogP contribution < -0.4 is 5.32 Å². The van der Waals surface area contributed by atoms with Gasteiger partial charge in [-0.2, -0.15) is 5.10 Å². The summed E-state index contributed by atoms with van der Waals surface area (Å²) in [7, 11) is 0. The Hall–Kier alpha value is -1.85. The Morgan fingerprint density at radius 2 is 2.31 bits per heavy atom. The van der Waals surface area contributed by atoms with Gasteiger partial charge in [-0.15, -0.1) is 0 Å². The number of aryl methyl sites for hydroxylation is 1. The van der Waals surface area contributed by atoms with Crippen molar-refractivity contribution in [1.29, 1.82) is 0 Å². The standard InChI is InChI=1S/C10H15N3O3/c1-7-8(6-12-13-7)5-9(14)11-4-2-3-10(15)16/h6H,2-5H2,1H3,(H,11,14)(H,12,13)(H,15,16). The Morgan fingerprint density at radius 3 is 2.88 bits per heavy atom. The molecule has 0 aliphatic rings. The number of nitrogens with one attached hydrogen (secondary N) is 2. The van der Waals surface area contributed by atoms with E-state index in [4.69, 9.17) is 5.11 Å². The zero-order valence-electron chi connectivity index (χ0n) is 9.12. The topological polar surface area (TPSA) is 95.1 Å². The van der Waals surface area contributed by atoms with Crippen molar-refractivity contribution in [3.05, 3.63) is 17.5 Å². The Morgan fingerprint density at radius 1 is 1.56 bits per heavy atom. The van der Waals surface area contributed by atoms with Crippen LogP contribution in [0, 0.1) is 6.92 Å². The van der Waals surface area contributed by atoms with Crippen molar-refractivity contribution in [2.75, 3.05) is 6.54 Å². The molecule has 1 aromatic heterocycles. The lowest BCUT2D eigenvalue weighted by atomic mass is 10.2. The van der Waals surface area contributed by atoms with Crippen LogP contribution in [0.5, 0.6) is 0 Å². The average Bonchev–Trinajstić information content (AvgIpc) is 2.59. The molecule has 6 nitrogen and oxygen atoms in total. The van der Waals surface area contributed by atoms with Gasteiger partial charge in [0, 0.05) is 24.2 Å². The molecule has 0 saturated carbocycles. The molecule has 1 heterocycles. The second kappa shape index (κ2) is 5.89. The van der Waals surface area contributed by atoms with Gasteiger partial charge in [-0.05, 0) is 13.3 Å². The molecule has 0 unspecified atom stereocenters. The summed E-state index contributed by atoms with van der Waals surface area (Å²) in [6, 6.07) is 0. The van der Waals surface area contributed by atoms with Gasteiger partial charge in [-0.25, -0.2) is 0 Å². The van der Waals surface area contributed by atoms with E-state index in [1.807, 2.05) is 6.92 Å². The van der Waals surface area contributed by atoms with Crippen molar-refractivity contribution in [2.24, 2.45) is 0 Å².